The van der Waals surface area contributed by atoms with E-state index in [9.17, 15) is 30.3 Å². The molecule has 0 amide bonds. The van der Waals surface area contributed by atoms with Gasteiger partial charge in [-0.25, -0.2) is 4.79 Å². The van der Waals surface area contributed by atoms with Crippen LogP contribution in [0, 0.1) is 22.7 Å². The summed E-state index contributed by atoms with van der Waals surface area (Å²) in [4.78, 5) is 21.2. The Morgan fingerprint density at radius 1 is 1.22 bits per heavy atom. The molecule has 7 rings (SSSR count). The van der Waals surface area contributed by atoms with Crippen molar-refractivity contribution in [2.45, 2.75) is 93.8 Å². The Balaban J connectivity index is 1.71. The van der Waals surface area contributed by atoms with E-state index < -0.39 is 62.6 Å². The van der Waals surface area contributed by atoms with Crippen molar-refractivity contribution >= 4 is 11.7 Å². The van der Waals surface area contributed by atoms with Crippen molar-refractivity contribution in [2.75, 3.05) is 7.11 Å². The fourth-order valence-electron chi connectivity index (χ4n) is 9.58. The van der Waals surface area contributed by atoms with E-state index in [2.05, 4.69) is 10.1 Å². The highest BCUT2D eigenvalue weighted by molar-refractivity contribution is 6.01. The molecule has 6 N–H and O–H groups in total. The molecule has 11 heteroatoms. The number of hydrogen-bond donors (Lipinski definition) is 6. The molecule has 1 aromatic heterocycles. The monoisotopic (exact) mass is 520 g/mol. The third-order valence-electron chi connectivity index (χ3n) is 11.3. The van der Waals surface area contributed by atoms with Gasteiger partial charge in [0.05, 0.1) is 11.1 Å². The van der Waals surface area contributed by atoms with E-state index in [-0.39, 0.29) is 30.2 Å². The van der Waals surface area contributed by atoms with Gasteiger partial charge in [-0.15, -0.1) is 0 Å². The Morgan fingerprint density at radius 3 is 2.46 bits per heavy atom. The molecule has 0 aromatic carbocycles. The summed E-state index contributed by atoms with van der Waals surface area (Å²) in [7, 11) is 1.32. The average Bonchev–Trinajstić information content (AvgIpc) is 3.45. The summed E-state index contributed by atoms with van der Waals surface area (Å²) < 4.78 is 12.3. The third kappa shape index (κ3) is 1.94. The Hall–Kier alpha value is -2.02. The van der Waals surface area contributed by atoms with Crippen LogP contribution in [0.5, 0.6) is 0 Å². The van der Waals surface area contributed by atoms with Crippen molar-refractivity contribution in [3.05, 3.63) is 24.0 Å². The molecule has 0 radical (unpaired) electrons. The molecule has 6 aliphatic rings. The molecule has 6 fully saturated rings. The van der Waals surface area contributed by atoms with Gasteiger partial charge in [-0.05, 0) is 37.8 Å². The van der Waals surface area contributed by atoms with E-state index >= 15 is 0 Å². The van der Waals surface area contributed by atoms with E-state index in [1.807, 2.05) is 6.92 Å². The topological polar surface area (TPSA) is 174 Å². The second kappa shape index (κ2) is 6.57. The van der Waals surface area contributed by atoms with Crippen LogP contribution in [0.2, 0.25) is 0 Å². The lowest BCUT2D eigenvalue weighted by Crippen LogP contribution is -2.74. The molecule has 2 aliphatic heterocycles. The first-order valence-corrected chi connectivity index (χ1v) is 12.8. The fraction of sp³-hybridized carbons (Fsp3) is 0.769. The van der Waals surface area contributed by atoms with Crippen molar-refractivity contribution < 1.29 is 44.6 Å². The number of oxime groups is 1. The highest BCUT2D eigenvalue weighted by atomic mass is 16.7. The number of nitrogens with one attached hydrogen (secondary N) is 1. The average molecular weight is 521 g/mol. The standard InChI is InChI=1S/C26H36N2O9/c1-13(2)23(32)18(36-17(29)15-8-7-11-27-15)24(33)19(4)12-22(31)20(23,5)26(24,34)25(37-22)16(28-35-6)14(3)9-10-21(19,25)30/h7-8,11,13-14,18,27,30-34H,9-10,12H2,1-6H3/b28-16+. The minimum absolute atomic E-state index is 0.0791. The number of carbonyl (C=O) groups excluding carboxylic acids is 1. The minimum Gasteiger partial charge on any atom is -0.451 e. The largest absolute Gasteiger partial charge is 0.451 e. The van der Waals surface area contributed by atoms with Crippen LogP contribution < -0.4 is 0 Å². The van der Waals surface area contributed by atoms with Crippen LogP contribution in [0.3, 0.4) is 0 Å². The van der Waals surface area contributed by atoms with Crippen LogP contribution in [0.25, 0.3) is 0 Å². The molecular weight excluding hydrogens is 484 g/mol. The van der Waals surface area contributed by atoms with Crippen LogP contribution in [-0.4, -0.2) is 89.2 Å². The summed E-state index contributed by atoms with van der Waals surface area (Å²) in [6.45, 7) is 8.13. The molecule has 10 atom stereocenters. The summed E-state index contributed by atoms with van der Waals surface area (Å²) in [5.41, 5.74) is -14.9. The molecule has 204 valence electrons. The van der Waals surface area contributed by atoms with Gasteiger partial charge in [-0.2, -0.15) is 0 Å². The van der Waals surface area contributed by atoms with E-state index in [0.29, 0.717) is 6.42 Å². The minimum atomic E-state index is -2.55. The molecule has 11 nitrogen and oxygen atoms in total. The summed E-state index contributed by atoms with van der Waals surface area (Å²) in [6, 6.07) is 3.09. The van der Waals surface area contributed by atoms with Gasteiger partial charge in [0.25, 0.3) is 0 Å². The zero-order chi connectivity index (χ0) is 27.2. The van der Waals surface area contributed by atoms with Crippen molar-refractivity contribution in [3.63, 3.8) is 0 Å². The molecule has 10 unspecified atom stereocenters. The smallest absolute Gasteiger partial charge is 0.355 e. The van der Waals surface area contributed by atoms with Crippen LogP contribution in [0.15, 0.2) is 23.5 Å². The molecule has 1 spiro atoms. The van der Waals surface area contributed by atoms with Gasteiger partial charge in [-0.3, -0.25) is 0 Å². The lowest BCUT2D eigenvalue weighted by atomic mass is 9.52. The number of hydrogen-bond acceptors (Lipinski definition) is 10. The lowest BCUT2D eigenvalue weighted by molar-refractivity contribution is -0.366. The summed E-state index contributed by atoms with van der Waals surface area (Å²) >= 11 is 0. The molecule has 4 aliphatic carbocycles. The number of nitrogens with zero attached hydrogens (tertiary/aromatic N) is 1. The van der Waals surface area contributed by atoms with Crippen LogP contribution in [0.1, 0.15) is 64.4 Å². The zero-order valence-corrected chi connectivity index (χ0v) is 21.9. The Labute approximate surface area is 214 Å². The number of aromatic amines is 1. The second-order valence-corrected chi connectivity index (χ2v) is 12.5. The van der Waals surface area contributed by atoms with E-state index in [1.165, 1.54) is 26.3 Å². The van der Waals surface area contributed by atoms with Gasteiger partial charge in [0.15, 0.2) is 17.5 Å². The SMILES string of the molecule is CO/N=C1\C(C)CCC2(O)C3(C)CC4(O)OC12C1(O)C3(O)C(OC(=O)c2ccc[nH]2)C(O)(C(C)C)C41C. The molecule has 6 bridgehead atoms. The van der Waals surface area contributed by atoms with Gasteiger partial charge < -0.3 is 44.8 Å². The number of carbonyl (C=O) groups is 1. The maximum Gasteiger partial charge on any atom is 0.355 e. The lowest BCUT2D eigenvalue weighted by Gasteiger charge is -2.59. The summed E-state index contributed by atoms with van der Waals surface area (Å²) in [5, 5.41) is 67.6. The van der Waals surface area contributed by atoms with E-state index in [4.69, 9.17) is 14.3 Å². The van der Waals surface area contributed by atoms with Crippen molar-refractivity contribution in [1.29, 1.82) is 0 Å². The predicted molar refractivity (Wildman–Crippen MR) is 127 cm³/mol. The molecule has 4 saturated carbocycles. The van der Waals surface area contributed by atoms with E-state index in [0.717, 1.165) is 0 Å². The van der Waals surface area contributed by atoms with E-state index in [1.54, 1.807) is 26.8 Å². The quantitative estimate of drug-likeness (QED) is 0.243. The molecule has 1 aromatic rings. The summed E-state index contributed by atoms with van der Waals surface area (Å²) in [5.74, 6) is -4.21. The number of ether oxygens (including phenoxy) is 2. The maximum absolute atomic E-state index is 13.3. The number of aromatic nitrogens is 1. The number of H-pyrrole nitrogens is 1. The van der Waals surface area contributed by atoms with Gasteiger partial charge in [0.1, 0.15) is 35.2 Å². The summed E-state index contributed by atoms with van der Waals surface area (Å²) in [6.07, 6.45) is -0.0134. The van der Waals surface area contributed by atoms with Crippen LogP contribution >= 0.6 is 0 Å². The van der Waals surface area contributed by atoms with Crippen LogP contribution in [-0.2, 0) is 14.3 Å². The molecule has 2 saturated heterocycles. The Kier molecular flexibility index (Phi) is 4.49. The highest BCUT2D eigenvalue weighted by Crippen LogP contribution is 2.90. The van der Waals surface area contributed by atoms with Gasteiger partial charge in [0, 0.05) is 24.0 Å². The van der Waals surface area contributed by atoms with Gasteiger partial charge in [0.2, 0.25) is 0 Å². The number of esters is 1. The molecule has 3 heterocycles. The van der Waals surface area contributed by atoms with Gasteiger partial charge in [-0.1, -0.05) is 32.9 Å². The number of aliphatic hydroxyl groups is 5. The second-order valence-electron chi connectivity index (χ2n) is 12.5. The first kappa shape index (κ1) is 25.3. The fourth-order valence-corrected chi connectivity index (χ4v) is 9.58. The molecule has 37 heavy (non-hydrogen) atoms. The van der Waals surface area contributed by atoms with Crippen molar-refractivity contribution in [3.8, 4) is 0 Å². The number of rotatable bonds is 4. The molecular formula is C26H36N2O9. The van der Waals surface area contributed by atoms with Crippen molar-refractivity contribution in [2.24, 2.45) is 27.8 Å². The van der Waals surface area contributed by atoms with Crippen LogP contribution in [0.4, 0.5) is 0 Å². The van der Waals surface area contributed by atoms with Crippen molar-refractivity contribution in [1.82, 2.24) is 4.98 Å². The zero-order valence-electron chi connectivity index (χ0n) is 21.9. The first-order valence-electron chi connectivity index (χ1n) is 12.8. The first-order chi connectivity index (χ1) is 17.1. The predicted octanol–water partition coefficient (Wildman–Crippen LogP) is 0.454. The Bertz CT molecular complexity index is 1220. The normalized spacial score (nSPS) is 56.3. The third-order valence-corrected chi connectivity index (χ3v) is 11.3. The Morgan fingerprint density at radius 2 is 1.89 bits per heavy atom. The highest BCUT2D eigenvalue weighted by Gasteiger charge is 3.10. The van der Waals surface area contributed by atoms with Gasteiger partial charge >= 0.3 is 5.97 Å². The maximum atomic E-state index is 13.3.